The largest absolute Gasteiger partial charge is 0.353 e. The number of halogens is 2. The summed E-state index contributed by atoms with van der Waals surface area (Å²) in [7, 11) is 2.16. The zero-order chi connectivity index (χ0) is 13.3. The van der Waals surface area contributed by atoms with Crippen molar-refractivity contribution in [3.8, 4) is 0 Å². The van der Waals surface area contributed by atoms with Gasteiger partial charge >= 0.3 is 0 Å². The number of piperazine rings is 1. The highest BCUT2D eigenvalue weighted by atomic mass is 35.5. The Bertz CT molecular complexity index is 434. The lowest BCUT2D eigenvalue weighted by molar-refractivity contribution is 0.138. The summed E-state index contributed by atoms with van der Waals surface area (Å²) in [5.74, 6) is 1.39. The van der Waals surface area contributed by atoms with Crippen LogP contribution in [0.25, 0.3) is 0 Å². The van der Waals surface area contributed by atoms with Gasteiger partial charge < -0.3 is 4.90 Å². The van der Waals surface area contributed by atoms with Crippen molar-refractivity contribution < 1.29 is 0 Å². The number of likely N-dealkylation sites (N-methyl/N-ethyl adjacent to an activating group) is 1. The number of nitrogens with zero attached hydrogens (tertiary/aromatic N) is 3. The minimum absolute atomic E-state index is 0.153. The van der Waals surface area contributed by atoms with Crippen LogP contribution in [-0.2, 0) is 5.88 Å². The van der Waals surface area contributed by atoms with Gasteiger partial charge in [-0.05, 0) is 32.5 Å². The van der Waals surface area contributed by atoms with E-state index in [1.165, 1.54) is 0 Å². The van der Waals surface area contributed by atoms with E-state index in [-0.39, 0.29) is 5.54 Å². The Morgan fingerprint density at radius 1 is 1.39 bits per heavy atom. The molecule has 0 aromatic carbocycles. The van der Waals surface area contributed by atoms with Crippen molar-refractivity contribution in [1.29, 1.82) is 0 Å². The lowest BCUT2D eigenvalue weighted by Crippen LogP contribution is -2.57. The smallest absolute Gasteiger partial charge is 0.129 e. The number of hydrogen-bond donors (Lipinski definition) is 0. The van der Waals surface area contributed by atoms with Gasteiger partial charge in [0.1, 0.15) is 5.82 Å². The van der Waals surface area contributed by atoms with Crippen LogP contribution in [0, 0.1) is 0 Å². The zero-order valence-electron chi connectivity index (χ0n) is 11.1. The minimum Gasteiger partial charge on any atom is -0.353 e. The van der Waals surface area contributed by atoms with Crippen LogP contribution in [0.5, 0.6) is 0 Å². The van der Waals surface area contributed by atoms with Gasteiger partial charge in [-0.25, -0.2) is 4.98 Å². The summed E-state index contributed by atoms with van der Waals surface area (Å²) in [6.45, 7) is 7.47. The first-order valence-electron chi connectivity index (χ1n) is 6.10. The molecule has 0 radical (unpaired) electrons. The summed E-state index contributed by atoms with van der Waals surface area (Å²) < 4.78 is 0. The predicted octanol–water partition coefficient (Wildman–Crippen LogP) is 3.00. The molecular formula is C13H19Cl2N3. The molecule has 1 aromatic rings. The third-order valence-corrected chi connectivity index (χ3v) is 4.33. The van der Waals surface area contributed by atoms with E-state index in [4.69, 9.17) is 23.2 Å². The molecule has 0 saturated carbocycles. The molecule has 1 aliphatic heterocycles. The average molecular weight is 288 g/mol. The Morgan fingerprint density at radius 2 is 2.11 bits per heavy atom. The number of rotatable bonds is 2. The van der Waals surface area contributed by atoms with Gasteiger partial charge in [-0.1, -0.05) is 11.6 Å². The number of pyridine rings is 1. The van der Waals surface area contributed by atoms with E-state index in [2.05, 4.69) is 35.7 Å². The molecule has 0 unspecified atom stereocenters. The van der Waals surface area contributed by atoms with Crippen LogP contribution < -0.4 is 4.90 Å². The molecule has 0 bridgehead atoms. The van der Waals surface area contributed by atoms with Crippen molar-refractivity contribution in [1.82, 2.24) is 9.88 Å². The van der Waals surface area contributed by atoms with Crippen LogP contribution >= 0.6 is 23.2 Å². The summed E-state index contributed by atoms with van der Waals surface area (Å²) >= 11 is 11.9. The fourth-order valence-corrected chi connectivity index (χ4v) is 2.64. The average Bonchev–Trinajstić information content (AvgIpc) is 2.33. The van der Waals surface area contributed by atoms with Gasteiger partial charge in [0.15, 0.2) is 0 Å². The van der Waals surface area contributed by atoms with E-state index in [1.807, 2.05) is 6.07 Å². The molecule has 1 saturated heterocycles. The molecular weight excluding hydrogens is 269 g/mol. The highest BCUT2D eigenvalue weighted by molar-refractivity contribution is 6.32. The Labute approximate surface area is 119 Å². The molecule has 100 valence electrons. The van der Waals surface area contributed by atoms with Crippen LogP contribution in [0.1, 0.15) is 19.4 Å². The molecule has 0 atom stereocenters. The van der Waals surface area contributed by atoms with Crippen LogP contribution in [0.3, 0.4) is 0 Å². The molecule has 5 heteroatoms. The van der Waals surface area contributed by atoms with Crippen LogP contribution in [0.4, 0.5) is 5.82 Å². The van der Waals surface area contributed by atoms with E-state index in [9.17, 15) is 0 Å². The van der Waals surface area contributed by atoms with Gasteiger partial charge in [-0.3, -0.25) is 4.90 Å². The third-order valence-electron chi connectivity index (χ3n) is 3.70. The second-order valence-corrected chi connectivity index (χ2v) is 6.10. The first kappa shape index (κ1) is 13.9. The summed E-state index contributed by atoms with van der Waals surface area (Å²) in [5, 5.41) is 0.641. The van der Waals surface area contributed by atoms with E-state index in [0.29, 0.717) is 10.9 Å². The monoisotopic (exact) mass is 287 g/mol. The Morgan fingerprint density at radius 3 is 2.72 bits per heavy atom. The van der Waals surface area contributed by atoms with E-state index >= 15 is 0 Å². The standard InChI is InChI=1S/C13H19Cl2N3/c1-13(2)9-18(5-4-17(13)3)12-6-10(7-14)11(15)8-16-12/h6,8H,4-5,7,9H2,1-3H3. The lowest BCUT2D eigenvalue weighted by Gasteiger charge is -2.45. The molecule has 0 amide bonds. The molecule has 0 spiro atoms. The van der Waals surface area contributed by atoms with Gasteiger partial charge in [0.25, 0.3) is 0 Å². The Kier molecular flexibility index (Phi) is 4.05. The van der Waals surface area contributed by atoms with Crippen molar-refractivity contribution in [2.24, 2.45) is 0 Å². The summed E-state index contributed by atoms with van der Waals surface area (Å²) in [6.07, 6.45) is 1.69. The minimum atomic E-state index is 0.153. The van der Waals surface area contributed by atoms with E-state index < -0.39 is 0 Å². The maximum atomic E-state index is 6.04. The first-order valence-corrected chi connectivity index (χ1v) is 7.02. The van der Waals surface area contributed by atoms with E-state index in [1.54, 1.807) is 6.20 Å². The molecule has 1 aromatic heterocycles. The molecule has 1 aliphatic rings. The van der Waals surface area contributed by atoms with Gasteiger partial charge in [-0.2, -0.15) is 0 Å². The van der Waals surface area contributed by atoms with Crippen LogP contribution in [-0.4, -0.2) is 42.1 Å². The second kappa shape index (κ2) is 5.24. The molecule has 2 heterocycles. The SMILES string of the molecule is CN1CCN(c2cc(CCl)c(Cl)cn2)CC1(C)C. The fourth-order valence-electron chi connectivity index (χ4n) is 2.18. The van der Waals surface area contributed by atoms with Gasteiger partial charge in [0.05, 0.1) is 5.02 Å². The van der Waals surface area contributed by atoms with E-state index in [0.717, 1.165) is 31.0 Å². The number of anilines is 1. The van der Waals surface area contributed by atoms with Crippen LogP contribution in [0.15, 0.2) is 12.3 Å². The number of aromatic nitrogens is 1. The molecule has 3 nitrogen and oxygen atoms in total. The molecule has 18 heavy (non-hydrogen) atoms. The lowest BCUT2D eigenvalue weighted by atomic mass is 10.00. The van der Waals surface area contributed by atoms with Crippen molar-refractivity contribution >= 4 is 29.0 Å². The maximum Gasteiger partial charge on any atom is 0.129 e. The predicted molar refractivity (Wildman–Crippen MR) is 77.7 cm³/mol. The first-order chi connectivity index (χ1) is 8.44. The van der Waals surface area contributed by atoms with Gasteiger partial charge in [-0.15, -0.1) is 11.6 Å². The summed E-state index contributed by atoms with van der Waals surface area (Å²) in [6, 6.07) is 2.00. The zero-order valence-corrected chi connectivity index (χ0v) is 12.6. The topological polar surface area (TPSA) is 19.4 Å². The summed E-state index contributed by atoms with van der Waals surface area (Å²) in [4.78, 5) is 9.09. The molecule has 0 N–H and O–H groups in total. The van der Waals surface area contributed by atoms with Crippen LogP contribution in [0.2, 0.25) is 5.02 Å². The van der Waals surface area contributed by atoms with Gasteiger partial charge in [0.2, 0.25) is 0 Å². The highest BCUT2D eigenvalue weighted by Gasteiger charge is 2.31. The van der Waals surface area contributed by atoms with Crippen molar-refractivity contribution in [3.63, 3.8) is 0 Å². The molecule has 2 rings (SSSR count). The maximum absolute atomic E-state index is 6.04. The summed E-state index contributed by atoms with van der Waals surface area (Å²) in [5.41, 5.74) is 1.10. The second-order valence-electron chi connectivity index (χ2n) is 5.42. The molecule has 0 aliphatic carbocycles. The highest BCUT2D eigenvalue weighted by Crippen LogP contribution is 2.26. The fraction of sp³-hybridized carbons (Fsp3) is 0.615. The van der Waals surface area contributed by atoms with Gasteiger partial charge in [0, 0.05) is 37.3 Å². The Balaban J connectivity index is 2.22. The van der Waals surface area contributed by atoms with Crippen molar-refractivity contribution in [2.75, 3.05) is 31.6 Å². The quantitative estimate of drug-likeness (QED) is 0.780. The Hall–Kier alpha value is -0.510. The van der Waals surface area contributed by atoms with Crippen molar-refractivity contribution in [3.05, 3.63) is 22.8 Å². The normalized spacial score (nSPS) is 20.2. The molecule has 1 fully saturated rings. The third kappa shape index (κ3) is 2.73. The van der Waals surface area contributed by atoms with Crippen molar-refractivity contribution in [2.45, 2.75) is 25.3 Å². The number of hydrogen-bond acceptors (Lipinski definition) is 3. The number of alkyl halides is 1.